The third-order valence-corrected chi connectivity index (χ3v) is 5.79. The van der Waals surface area contributed by atoms with Crippen molar-refractivity contribution in [3.63, 3.8) is 0 Å². The van der Waals surface area contributed by atoms with Crippen LogP contribution in [0.1, 0.15) is 16.1 Å². The van der Waals surface area contributed by atoms with E-state index in [0.29, 0.717) is 5.69 Å². The Morgan fingerprint density at radius 2 is 2.05 bits per heavy atom. The van der Waals surface area contributed by atoms with E-state index in [4.69, 9.17) is 11.6 Å². The third-order valence-electron chi connectivity index (χ3n) is 2.55. The Balaban J connectivity index is 2.42. The first-order valence-electron chi connectivity index (χ1n) is 5.68. The van der Waals surface area contributed by atoms with Gasteiger partial charge in [0.15, 0.2) is 8.68 Å². The second kappa shape index (κ2) is 6.00. The molecule has 1 N–H and O–H groups in total. The normalized spacial score (nSPS) is 11.2. The van der Waals surface area contributed by atoms with Gasteiger partial charge in [-0.05, 0) is 19.1 Å². The predicted octanol–water partition coefficient (Wildman–Crippen LogP) is 2.69. The molecule has 6 nitrogen and oxygen atoms in total. The topological polar surface area (TPSA) is 85.4 Å². The zero-order valence-electron chi connectivity index (χ0n) is 11.1. The molecule has 1 aromatic carbocycles. The summed E-state index contributed by atoms with van der Waals surface area (Å²) in [6.45, 7) is 1.54. The number of carbonyl (C=O) groups excluding carboxylic acids is 1. The van der Waals surface area contributed by atoms with E-state index < -0.39 is 16.0 Å². The van der Waals surface area contributed by atoms with Gasteiger partial charge >= 0.3 is 5.97 Å². The standard InChI is InChI=1S/C12H11ClN2O4S2/c1-7-11(20-12(13)14-7)21(17,18)15-9-6-4-3-5-8(9)10(16)19-2/h3-6,15H,1-2H3. The number of thiazole rings is 1. The number of benzene rings is 1. The van der Waals surface area contributed by atoms with Crippen molar-refractivity contribution in [2.75, 3.05) is 11.8 Å². The van der Waals surface area contributed by atoms with E-state index in [1.165, 1.54) is 19.2 Å². The highest BCUT2D eigenvalue weighted by Gasteiger charge is 2.23. The number of anilines is 1. The van der Waals surface area contributed by atoms with Gasteiger partial charge in [0.1, 0.15) is 0 Å². The van der Waals surface area contributed by atoms with Crippen LogP contribution >= 0.6 is 22.9 Å². The molecular formula is C12H11ClN2O4S2. The van der Waals surface area contributed by atoms with E-state index in [0.717, 1.165) is 11.3 Å². The molecule has 0 unspecified atom stereocenters. The first-order valence-corrected chi connectivity index (χ1v) is 8.36. The number of halogens is 1. The van der Waals surface area contributed by atoms with Gasteiger partial charge in [-0.1, -0.05) is 35.1 Å². The van der Waals surface area contributed by atoms with Crippen LogP contribution in [0.5, 0.6) is 0 Å². The van der Waals surface area contributed by atoms with Crippen LogP contribution < -0.4 is 4.72 Å². The number of para-hydroxylation sites is 1. The number of nitrogens with zero attached hydrogens (tertiary/aromatic N) is 1. The molecule has 0 spiro atoms. The number of aromatic nitrogens is 1. The van der Waals surface area contributed by atoms with Crippen molar-refractivity contribution in [2.45, 2.75) is 11.1 Å². The number of nitrogens with one attached hydrogen (secondary N) is 1. The number of aryl methyl sites for hydroxylation is 1. The number of hydrogen-bond acceptors (Lipinski definition) is 6. The number of rotatable bonds is 4. The highest BCUT2D eigenvalue weighted by molar-refractivity contribution is 7.94. The van der Waals surface area contributed by atoms with Crippen molar-refractivity contribution < 1.29 is 17.9 Å². The average molecular weight is 347 g/mol. The molecule has 0 fully saturated rings. The lowest BCUT2D eigenvalue weighted by Gasteiger charge is -2.10. The highest BCUT2D eigenvalue weighted by atomic mass is 35.5. The van der Waals surface area contributed by atoms with Crippen LogP contribution in [0.25, 0.3) is 0 Å². The van der Waals surface area contributed by atoms with Gasteiger partial charge in [0.25, 0.3) is 10.0 Å². The van der Waals surface area contributed by atoms with Gasteiger partial charge in [0.05, 0.1) is 24.1 Å². The van der Waals surface area contributed by atoms with Crippen molar-refractivity contribution in [3.8, 4) is 0 Å². The van der Waals surface area contributed by atoms with Crippen LogP contribution in [-0.2, 0) is 14.8 Å². The number of carbonyl (C=O) groups is 1. The number of esters is 1. The summed E-state index contributed by atoms with van der Waals surface area (Å²) in [7, 11) is -2.65. The molecule has 0 amide bonds. The summed E-state index contributed by atoms with van der Waals surface area (Å²) in [5.74, 6) is -0.632. The maximum Gasteiger partial charge on any atom is 0.339 e. The van der Waals surface area contributed by atoms with Crippen LogP contribution in [0.15, 0.2) is 28.5 Å². The van der Waals surface area contributed by atoms with E-state index in [1.807, 2.05) is 0 Å². The fourth-order valence-corrected chi connectivity index (χ4v) is 4.47. The van der Waals surface area contributed by atoms with E-state index in [2.05, 4.69) is 14.4 Å². The molecular weight excluding hydrogens is 336 g/mol. The number of sulfonamides is 1. The van der Waals surface area contributed by atoms with Gasteiger partial charge in [-0.2, -0.15) is 0 Å². The first kappa shape index (κ1) is 15.7. The number of hydrogen-bond donors (Lipinski definition) is 1. The summed E-state index contributed by atoms with van der Waals surface area (Å²) >= 11 is 6.57. The quantitative estimate of drug-likeness (QED) is 0.860. The molecule has 9 heteroatoms. The van der Waals surface area contributed by atoms with Crippen molar-refractivity contribution >= 4 is 44.6 Å². The Bertz CT molecular complexity index is 786. The summed E-state index contributed by atoms with van der Waals surface area (Å²) in [4.78, 5) is 15.5. The van der Waals surface area contributed by atoms with Gasteiger partial charge < -0.3 is 4.74 Å². The van der Waals surface area contributed by atoms with Crippen molar-refractivity contribution in [1.29, 1.82) is 0 Å². The fraction of sp³-hybridized carbons (Fsp3) is 0.167. The van der Waals surface area contributed by atoms with Crippen LogP contribution in [0, 0.1) is 6.92 Å². The molecule has 0 radical (unpaired) electrons. The van der Waals surface area contributed by atoms with Crippen molar-refractivity contribution in [1.82, 2.24) is 4.98 Å². The van der Waals surface area contributed by atoms with Crippen LogP contribution in [0.3, 0.4) is 0 Å². The molecule has 0 saturated carbocycles. The van der Waals surface area contributed by atoms with Gasteiger partial charge in [-0.3, -0.25) is 4.72 Å². The Hall–Kier alpha value is -1.64. The SMILES string of the molecule is COC(=O)c1ccccc1NS(=O)(=O)c1sc(Cl)nc1C. The van der Waals surface area contributed by atoms with E-state index in [-0.39, 0.29) is 19.9 Å². The fourth-order valence-electron chi connectivity index (χ4n) is 1.65. The van der Waals surface area contributed by atoms with Gasteiger partial charge in [0.2, 0.25) is 0 Å². The lowest BCUT2D eigenvalue weighted by molar-refractivity contribution is 0.0602. The average Bonchev–Trinajstić information content (AvgIpc) is 2.78. The Kier molecular flexibility index (Phi) is 4.50. The second-order valence-electron chi connectivity index (χ2n) is 3.98. The molecule has 0 aliphatic rings. The molecule has 0 atom stereocenters. The van der Waals surface area contributed by atoms with Crippen molar-refractivity contribution in [2.24, 2.45) is 0 Å². The molecule has 1 heterocycles. The van der Waals surface area contributed by atoms with Gasteiger partial charge in [-0.15, -0.1) is 0 Å². The molecule has 21 heavy (non-hydrogen) atoms. The summed E-state index contributed by atoms with van der Waals surface area (Å²) in [5, 5.41) is 0. The summed E-state index contributed by atoms with van der Waals surface area (Å²) in [6, 6.07) is 6.16. The monoisotopic (exact) mass is 346 g/mol. The van der Waals surface area contributed by atoms with Crippen LogP contribution in [0.2, 0.25) is 4.47 Å². The molecule has 2 aromatic rings. The molecule has 2 rings (SSSR count). The van der Waals surface area contributed by atoms with E-state index in [9.17, 15) is 13.2 Å². The van der Waals surface area contributed by atoms with Crippen LogP contribution in [0.4, 0.5) is 5.69 Å². The summed E-state index contributed by atoms with van der Waals surface area (Å²) in [5.41, 5.74) is 0.554. The summed E-state index contributed by atoms with van der Waals surface area (Å²) in [6.07, 6.45) is 0. The molecule has 1 aromatic heterocycles. The largest absolute Gasteiger partial charge is 0.465 e. The van der Waals surface area contributed by atoms with E-state index in [1.54, 1.807) is 19.1 Å². The molecule has 0 aliphatic heterocycles. The lowest BCUT2D eigenvalue weighted by atomic mass is 10.2. The van der Waals surface area contributed by atoms with Gasteiger partial charge in [-0.25, -0.2) is 18.2 Å². The molecule has 112 valence electrons. The minimum Gasteiger partial charge on any atom is -0.465 e. The first-order chi connectivity index (χ1) is 9.85. The Morgan fingerprint density at radius 1 is 1.38 bits per heavy atom. The smallest absolute Gasteiger partial charge is 0.339 e. The maximum absolute atomic E-state index is 12.3. The van der Waals surface area contributed by atoms with Gasteiger partial charge in [0, 0.05) is 0 Å². The molecule has 0 bridgehead atoms. The third kappa shape index (κ3) is 3.34. The van der Waals surface area contributed by atoms with E-state index >= 15 is 0 Å². The summed E-state index contributed by atoms with van der Waals surface area (Å²) < 4.78 is 31.8. The second-order valence-corrected chi connectivity index (χ2v) is 7.44. The molecule has 0 saturated heterocycles. The minimum atomic E-state index is -3.87. The van der Waals surface area contributed by atoms with Crippen LogP contribution in [-0.4, -0.2) is 26.5 Å². The zero-order valence-corrected chi connectivity index (χ0v) is 13.5. The Morgan fingerprint density at radius 3 is 2.62 bits per heavy atom. The zero-order chi connectivity index (χ0) is 15.6. The van der Waals surface area contributed by atoms with Crippen molar-refractivity contribution in [3.05, 3.63) is 40.0 Å². The highest BCUT2D eigenvalue weighted by Crippen LogP contribution is 2.29. The molecule has 0 aliphatic carbocycles. The lowest BCUT2D eigenvalue weighted by Crippen LogP contribution is -2.15. The maximum atomic E-state index is 12.3. The number of ether oxygens (including phenoxy) is 1. The predicted molar refractivity (Wildman–Crippen MR) is 80.5 cm³/mol. The number of methoxy groups -OCH3 is 1. The Labute approximate surface area is 130 Å². The minimum absolute atomic E-state index is 0.00664.